The van der Waals surface area contributed by atoms with Crippen LogP contribution in [0.4, 0.5) is 8.78 Å². The molecule has 0 unspecified atom stereocenters. The summed E-state index contributed by atoms with van der Waals surface area (Å²) in [5.74, 6) is -0.568. The van der Waals surface area contributed by atoms with Crippen LogP contribution < -0.4 is 19.6 Å². The van der Waals surface area contributed by atoms with E-state index in [-0.39, 0.29) is 23.5 Å². The van der Waals surface area contributed by atoms with Gasteiger partial charge in [-0.3, -0.25) is 9.36 Å². The summed E-state index contributed by atoms with van der Waals surface area (Å²) in [6.45, 7) is -1.07. The molecular weight excluding hydrogens is 546 g/mol. The van der Waals surface area contributed by atoms with Gasteiger partial charge < -0.3 is 9.47 Å². The second kappa shape index (κ2) is 11.3. The molecule has 1 aliphatic rings. The van der Waals surface area contributed by atoms with Gasteiger partial charge in [0.2, 0.25) is 0 Å². The standard InChI is InChI=1S/C29H21ClF2N2O4S/c1-2-37-27(36)23-24(18-6-4-3-5-7-18)33-29-34(25(23)19-10-12-20(30)13-11-19)26(35)22(39-29)16-17-8-14-21(15-9-17)38-28(31)32/h3-16,25,28H,2H2,1H3/b22-16+/t25-/m1/s1. The molecule has 1 aliphatic heterocycles. The van der Waals surface area contributed by atoms with Crippen LogP contribution in [0.3, 0.4) is 0 Å². The molecule has 2 heterocycles. The van der Waals surface area contributed by atoms with Gasteiger partial charge in [-0.2, -0.15) is 8.78 Å². The topological polar surface area (TPSA) is 69.9 Å². The average molecular weight is 567 g/mol. The molecule has 0 N–H and O–H groups in total. The van der Waals surface area contributed by atoms with Crippen LogP contribution in [0.25, 0.3) is 11.8 Å². The number of benzene rings is 3. The van der Waals surface area contributed by atoms with Crippen LogP contribution in [0.15, 0.2) is 94.2 Å². The van der Waals surface area contributed by atoms with Crippen LogP contribution in [-0.2, 0) is 9.53 Å². The van der Waals surface area contributed by atoms with Gasteiger partial charge in [-0.05, 0) is 48.4 Å². The Balaban J connectivity index is 1.74. The normalized spacial score (nSPS) is 15.2. The molecule has 0 fully saturated rings. The first-order valence-electron chi connectivity index (χ1n) is 11.9. The molecule has 0 radical (unpaired) electrons. The van der Waals surface area contributed by atoms with Crippen molar-refractivity contribution in [3.05, 3.63) is 126 Å². The van der Waals surface area contributed by atoms with E-state index >= 15 is 0 Å². The van der Waals surface area contributed by atoms with E-state index in [2.05, 4.69) is 4.74 Å². The minimum Gasteiger partial charge on any atom is -0.463 e. The van der Waals surface area contributed by atoms with Gasteiger partial charge in [0.05, 0.1) is 28.5 Å². The van der Waals surface area contributed by atoms with Crippen LogP contribution >= 0.6 is 22.9 Å². The molecule has 1 atom stereocenters. The highest BCUT2D eigenvalue weighted by molar-refractivity contribution is 7.07. The number of thiazole rings is 1. The Morgan fingerprint density at radius 1 is 1.08 bits per heavy atom. The van der Waals surface area contributed by atoms with E-state index in [9.17, 15) is 18.4 Å². The molecule has 10 heteroatoms. The molecule has 0 bridgehead atoms. The van der Waals surface area contributed by atoms with Crippen LogP contribution in [0.1, 0.15) is 29.7 Å². The van der Waals surface area contributed by atoms with Gasteiger partial charge in [-0.15, -0.1) is 0 Å². The minimum atomic E-state index is -2.93. The zero-order chi connectivity index (χ0) is 27.5. The fraction of sp³-hybridized carbons (Fsp3) is 0.138. The molecule has 1 aromatic heterocycles. The number of carbonyl (C=O) groups is 1. The second-order valence-electron chi connectivity index (χ2n) is 8.43. The van der Waals surface area contributed by atoms with Gasteiger partial charge in [0, 0.05) is 10.6 Å². The molecule has 6 nitrogen and oxygen atoms in total. The summed E-state index contributed by atoms with van der Waals surface area (Å²) in [7, 11) is 0. The molecule has 0 spiro atoms. The van der Waals surface area contributed by atoms with Gasteiger partial charge in [-0.25, -0.2) is 9.79 Å². The van der Waals surface area contributed by atoms with Gasteiger partial charge in [0.1, 0.15) is 5.75 Å². The quantitative estimate of drug-likeness (QED) is 0.289. The summed E-state index contributed by atoms with van der Waals surface area (Å²) in [5, 5.41) is 0.510. The number of aromatic nitrogens is 1. The smallest absolute Gasteiger partial charge is 0.387 e. The van der Waals surface area contributed by atoms with E-state index in [0.29, 0.717) is 36.7 Å². The van der Waals surface area contributed by atoms with Crippen LogP contribution in [-0.4, -0.2) is 23.8 Å². The third-order valence-electron chi connectivity index (χ3n) is 5.96. The zero-order valence-electron chi connectivity index (χ0n) is 20.5. The Bertz CT molecular complexity index is 1710. The third kappa shape index (κ3) is 5.55. The number of alkyl halides is 2. The fourth-order valence-electron chi connectivity index (χ4n) is 4.30. The summed E-state index contributed by atoms with van der Waals surface area (Å²) >= 11 is 7.31. The van der Waals surface area contributed by atoms with E-state index < -0.39 is 18.6 Å². The molecule has 0 saturated carbocycles. The lowest BCUT2D eigenvalue weighted by Gasteiger charge is -2.25. The maximum atomic E-state index is 13.8. The SMILES string of the molecule is CCOC(=O)C1=C(c2ccccc2)N=c2s/c(=C/c3ccc(OC(F)F)cc3)c(=O)n2[C@@H]1c1ccc(Cl)cc1. The predicted octanol–water partition coefficient (Wildman–Crippen LogP) is 5.19. The van der Waals surface area contributed by atoms with Crippen molar-refractivity contribution in [1.29, 1.82) is 0 Å². The molecule has 5 rings (SSSR count). The Morgan fingerprint density at radius 3 is 2.41 bits per heavy atom. The van der Waals surface area contributed by atoms with Crippen molar-refractivity contribution in [3.8, 4) is 5.75 Å². The number of carbonyl (C=O) groups excluding carboxylic acids is 1. The summed E-state index contributed by atoms with van der Waals surface area (Å²) in [6.07, 6.45) is 1.64. The van der Waals surface area contributed by atoms with Gasteiger partial charge in [-0.1, -0.05) is 77.5 Å². The van der Waals surface area contributed by atoms with E-state index in [1.54, 1.807) is 49.4 Å². The molecular formula is C29H21ClF2N2O4S. The number of hydrogen-bond donors (Lipinski definition) is 0. The first-order chi connectivity index (χ1) is 18.9. The Hall–Kier alpha value is -4.08. The fourth-order valence-corrected chi connectivity index (χ4v) is 5.42. The van der Waals surface area contributed by atoms with Crippen LogP contribution in [0.5, 0.6) is 5.75 Å². The minimum absolute atomic E-state index is 0.0120. The van der Waals surface area contributed by atoms with Gasteiger partial charge in [0.15, 0.2) is 4.80 Å². The predicted molar refractivity (Wildman–Crippen MR) is 146 cm³/mol. The lowest BCUT2D eigenvalue weighted by Crippen LogP contribution is -2.40. The third-order valence-corrected chi connectivity index (χ3v) is 7.20. The molecule has 3 aromatic carbocycles. The Labute approximate surface area is 230 Å². The van der Waals surface area contributed by atoms with Gasteiger partial charge >= 0.3 is 12.6 Å². The highest BCUT2D eigenvalue weighted by Gasteiger charge is 2.35. The number of nitrogens with zero attached hydrogens (tertiary/aromatic N) is 2. The first-order valence-corrected chi connectivity index (χ1v) is 13.1. The number of rotatable bonds is 7. The van der Waals surface area contributed by atoms with Crippen LogP contribution in [0, 0.1) is 0 Å². The summed E-state index contributed by atoms with van der Waals surface area (Å²) < 4.78 is 36.7. The van der Waals surface area contributed by atoms with Crippen molar-refractivity contribution in [2.24, 2.45) is 4.99 Å². The van der Waals surface area contributed by atoms with Crippen molar-refractivity contribution in [1.82, 2.24) is 4.57 Å². The van der Waals surface area contributed by atoms with E-state index in [1.807, 2.05) is 30.3 Å². The molecule has 39 heavy (non-hydrogen) atoms. The lowest BCUT2D eigenvalue weighted by atomic mass is 9.93. The first kappa shape index (κ1) is 26.5. The summed E-state index contributed by atoms with van der Waals surface area (Å²) in [4.78, 5) is 32.4. The molecule has 0 amide bonds. The van der Waals surface area contributed by atoms with Gasteiger partial charge in [0.25, 0.3) is 5.56 Å². The highest BCUT2D eigenvalue weighted by Crippen LogP contribution is 2.35. The number of fused-ring (bicyclic) bond motifs is 1. The Kier molecular flexibility index (Phi) is 7.72. The highest BCUT2D eigenvalue weighted by atomic mass is 35.5. The monoisotopic (exact) mass is 566 g/mol. The van der Waals surface area contributed by atoms with Crippen molar-refractivity contribution in [3.63, 3.8) is 0 Å². The van der Waals surface area contributed by atoms with Crippen molar-refractivity contribution in [2.75, 3.05) is 6.61 Å². The van der Waals surface area contributed by atoms with Crippen molar-refractivity contribution in [2.45, 2.75) is 19.6 Å². The molecule has 0 aliphatic carbocycles. The summed E-state index contributed by atoms with van der Waals surface area (Å²) in [5.41, 5.74) is 2.25. The number of esters is 1. The van der Waals surface area contributed by atoms with E-state index in [1.165, 1.54) is 16.7 Å². The average Bonchev–Trinajstić information content (AvgIpc) is 3.24. The number of halogens is 3. The zero-order valence-corrected chi connectivity index (χ0v) is 22.1. The molecule has 4 aromatic rings. The second-order valence-corrected chi connectivity index (χ2v) is 9.88. The van der Waals surface area contributed by atoms with Crippen LogP contribution in [0.2, 0.25) is 5.02 Å². The van der Waals surface area contributed by atoms with E-state index in [4.69, 9.17) is 21.3 Å². The van der Waals surface area contributed by atoms with Crippen molar-refractivity contribution < 1.29 is 23.0 Å². The number of ether oxygens (including phenoxy) is 2. The maximum Gasteiger partial charge on any atom is 0.387 e. The number of hydrogen-bond acceptors (Lipinski definition) is 6. The Morgan fingerprint density at radius 2 is 1.77 bits per heavy atom. The molecule has 0 saturated heterocycles. The van der Waals surface area contributed by atoms with E-state index in [0.717, 1.165) is 11.3 Å². The maximum absolute atomic E-state index is 13.8. The summed E-state index contributed by atoms with van der Waals surface area (Å²) in [6, 6.07) is 21.3. The largest absolute Gasteiger partial charge is 0.463 e. The lowest BCUT2D eigenvalue weighted by molar-refractivity contribution is -0.138. The van der Waals surface area contributed by atoms with Crippen molar-refractivity contribution >= 4 is 40.7 Å². The molecule has 198 valence electrons.